The van der Waals surface area contributed by atoms with Crippen molar-refractivity contribution in [3.63, 3.8) is 0 Å². The summed E-state index contributed by atoms with van der Waals surface area (Å²) in [6.07, 6.45) is 6.02. The van der Waals surface area contributed by atoms with Crippen molar-refractivity contribution in [2.24, 2.45) is 5.92 Å². The Kier molecular flexibility index (Phi) is 4.44. The van der Waals surface area contributed by atoms with E-state index in [1.165, 1.54) is 5.56 Å². The highest BCUT2D eigenvalue weighted by molar-refractivity contribution is 5.95. The fraction of sp³-hybridized carbons (Fsp3) is 0.588. The lowest BCUT2D eigenvalue weighted by Gasteiger charge is -2.27. The molecule has 3 rings (SSSR count). The molecule has 2 aliphatic rings. The molecule has 1 aliphatic heterocycles. The van der Waals surface area contributed by atoms with Gasteiger partial charge in [0.2, 0.25) is 0 Å². The molecule has 1 aromatic rings. The molecule has 0 bridgehead atoms. The third kappa shape index (κ3) is 3.38. The lowest BCUT2D eigenvalue weighted by Crippen LogP contribution is -2.36. The summed E-state index contributed by atoms with van der Waals surface area (Å²) in [7, 11) is 0. The van der Waals surface area contributed by atoms with Crippen molar-refractivity contribution in [2.45, 2.75) is 44.6 Å². The van der Waals surface area contributed by atoms with Crippen LogP contribution in [0.4, 0.5) is 5.69 Å². The normalized spacial score (nSPS) is 24.8. The first-order valence-corrected chi connectivity index (χ1v) is 8.07. The SMILES string of the molecule is O=C(NCC1CCCCC1O)c1ccc2c(c1)CCCN2. The van der Waals surface area contributed by atoms with E-state index in [4.69, 9.17) is 0 Å². The van der Waals surface area contributed by atoms with Crippen LogP contribution in [0, 0.1) is 5.92 Å². The van der Waals surface area contributed by atoms with Crippen LogP contribution in [-0.2, 0) is 6.42 Å². The number of hydrogen-bond donors (Lipinski definition) is 3. The second-order valence-electron chi connectivity index (χ2n) is 6.22. The van der Waals surface area contributed by atoms with E-state index < -0.39 is 0 Å². The molecule has 0 spiro atoms. The van der Waals surface area contributed by atoms with Gasteiger partial charge in [0.05, 0.1) is 6.10 Å². The van der Waals surface area contributed by atoms with Gasteiger partial charge >= 0.3 is 0 Å². The number of carbonyl (C=O) groups is 1. The van der Waals surface area contributed by atoms with Crippen molar-refractivity contribution in [1.29, 1.82) is 0 Å². The highest BCUT2D eigenvalue weighted by atomic mass is 16.3. The number of hydrogen-bond acceptors (Lipinski definition) is 3. The van der Waals surface area contributed by atoms with Gasteiger partial charge in [-0.05, 0) is 49.4 Å². The van der Waals surface area contributed by atoms with Crippen LogP contribution in [0.5, 0.6) is 0 Å². The van der Waals surface area contributed by atoms with E-state index >= 15 is 0 Å². The van der Waals surface area contributed by atoms with Gasteiger partial charge in [0, 0.05) is 30.3 Å². The van der Waals surface area contributed by atoms with E-state index in [0.29, 0.717) is 6.54 Å². The molecule has 2 atom stereocenters. The monoisotopic (exact) mass is 288 g/mol. The Hall–Kier alpha value is -1.55. The van der Waals surface area contributed by atoms with Gasteiger partial charge in [-0.15, -0.1) is 0 Å². The van der Waals surface area contributed by atoms with E-state index in [1.807, 2.05) is 18.2 Å². The first-order chi connectivity index (χ1) is 10.2. The number of amides is 1. The second kappa shape index (κ2) is 6.48. The average molecular weight is 288 g/mol. The molecular weight excluding hydrogens is 264 g/mol. The summed E-state index contributed by atoms with van der Waals surface area (Å²) in [6.45, 7) is 1.59. The number of benzene rings is 1. The summed E-state index contributed by atoms with van der Waals surface area (Å²) in [6, 6.07) is 5.87. The summed E-state index contributed by atoms with van der Waals surface area (Å²) in [5.41, 5.74) is 3.11. The second-order valence-corrected chi connectivity index (χ2v) is 6.22. The number of aliphatic hydroxyl groups is 1. The Bertz CT molecular complexity index is 516. The van der Waals surface area contributed by atoms with Gasteiger partial charge in [-0.1, -0.05) is 12.8 Å². The maximum atomic E-state index is 12.3. The summed E-state index contributed by atoms with van der Waals surface area (Å²) in [5, 5.41) is 16.3. The number of anilines is 1. The fourth-order valence-corrected chi connectivity index (χ4v) is 3.37. The Labute approximate surface area is 125 Å². The molecule has 2 unspecified atom stereocenters. The smallest absolute Gasteiger partial charge is 0.251 e. The van der Waals surface area contributed by atoms with Crippen molar-refractivity contribution >= 4 is 11.6 Å². The number of aryl methyl sites for hydroxylation is 1. The highest BCUT2D eigenvalue weighted by Gasteiger charge is 2.23. The molecule has 3 N–H and O–H groups in total. The zero-order chi connectivity index (χ0) is 14.7. The molecule has 1 fully saturated rings. The minimum Gasteiger partial charge on any atom is -0.393 e. The summed E-state index contributed by atoms with van der Waals surface area (Å²) in [5.74, 6) is 0.183. The predicted octanol–water partition coefficient (Wildman–Crippen LogP) is 2.33. The standard InChI is InChI=1S/C17H24N2O2/c20-16-6-2-1-4-14(16)11-19-17(21)13-7-8-15-12(10-13)5-3-9-18-15/h7-8,10,14,16,18,20H,1-6,9,11H2,(H,19,21). The van der Waals surface area contributed by atoms with E-state index in [-0.39, 0.29) is 17.9 Å². The fourth-order valence-electron chi connectivity index (χ4n) is 3.37. The summed E-state index contributed by atoms with van der Waals surface area (Å²) in [4.78, 5) is 12.3. The molecule has 0 radical (unpaired) electrons. The van der Waals surface area contributed by atoms with Gasteiger partial charge in [-0.25, -0.2) is 0 Å². The van der Waals surface area contributed by atoms with Gasteiger partial charge in [-0.3, -0.25) is 4.79 Å². The van der Waals surface area contributed by atoms with Crippen LogP contribution in [0.3, 0.4) is 0 Å². The maximum Gasteiger partial charge on any atom is 0.251 e. The van der Waals surface area contributed by atoms with Crippen molar-refractivity contribution in [3.05, 3.63) is 29.3 Å². The van der Waals surface area contributed by atoms with Gasteiger partial charge in [-0.2, -0.15) is 0 Å². The Morgan fingerprint density at radius 2 is 2.14 bits per heavy atom. The molecule has 21 heavy (non-hydrogen) atoms. The van der Waals surface area contributed by atoms with Crippen LogP contribution < -0.4 is 10.6 Å². The number of nitrogens with one attached hydrogen (secondary N) is 2. The van der Waals surface area contributed by atoms with E-state index in [2.05, 4.69) is 10.6 Å². The lowest BCUT2D eigenvalue weighted by molar-refractivity contribution is 0.0663. The third-order valence-corrected chi connectivity index (χ3v) is 4.70. The molecule has 4 nitrogen and oxygen atoms in total. The van der Waals surface area contributed by atoms with E-state index in [0.717, 1.165) is 56.3 Å². The first-order valence-electron chi connectivity index (χ1n) is 8.07. The largest absolute Gasteiger partial charge is 0.393 e. The Balaban J connectivity index is 1.60. The number of carbonyl (C=O) groups excluding carboxylic acids is 1. The minimum absolute atomic E-state index is 0.0267. The van der Waals surface area contributed by atoms with Crippen molar-refractivity contribution in [1.82, 2.24) is 5.32 Å². The van der Waals surface area contributed by atoms with Crippen molar-refractivity contribution in [2.75, 3.05) is 18.4 Å². The molecule has 1 heterocycles. The lowest BCUT2D eigenvalue weighted by atomic mass is 9.86. The molecule has 4 heteroatoms. The molecule has 0 aromatic heterocycles. The van der Waals surface area contributed by atoms with Crippen LogP contribution in [0.2, 0.25) is 0 Å². The molecule has 1 aliphatic carbocycles. The maximum absolute atomic E-state index is 12.3. The molecule has 1 aromatic carbocycles. The van der Waals surface area contributed by atoms with Crippen LogP contribution in [0.25, 0.3) is 0 Å². The quantitative estimate of drug-likeness (QED) is 0.800. The van der Waals surface area contributed by atoms with Crippen molar-refractivity contribution < 1.29 is 9.90 Å². The van der Waals surface area contributed by atoms with Crippen molar-refractivity contribution in [3.8, 4) is 0 Å². The van der Waals surface area contributed by atoms with Gasteiger partial charge in [0.15, 0.2) is 0 Å². The topological polar surface area (TPSA) is 61.4 Å². The molecule has 1 amide bonds. The van der Waals surface area contributed by atoms with Crippen LogP contribution >= 0.6 is 0 Å². The van der Waals surface area contributed by atoms with Crippen LogP contribution in [-0.4, -0.2) is 30.2 Å². The Morgan fingerprint density at radius 3 is 3.00 bits per heavy atom. The third-order valence-electron chi connectivity index (χ3n) is 4.70. The van der Waals surface area contributed by atoms with Crippen LogP contribution in [0.15, 0.2) is 18.2 Å². The van der Waals surface area contributed by atoms with Gasteiger partial charge < -0.3 is 15.7 Å². The molecule has 1 saturated carbocycles. The zero-order valence-electron chi connectivity index (χ0n) is 12.4. The van der Waals surface area contributed by atoms with Gasteiger partial charge in [0.1, 0.15) is 0 Å². The highest BCUT2D eigenvalue weighted by Crippen LogP contribution is 2.25. The number of fused-ring (bicyclic) bond motifs is 1. The molecular formula is C17H24N2O2. The van der Waals surface area contributed by atoms with E-state index in [9.17, 15) is 9.90 Å². The Morgan fingerprint density at radius 1 is 1.29 bits per heavy atom. The summed E-state index contributed by atoms with van der Waals surface area (Å²) >= 11 is 0. The predicted molar refractivity (Wildman–Crippen MR) is 83.6 cm³/mol. The zero-order valence-corrected chi connectivity index (χ0v) is 12.4. The van der Waals surface area contributed by atoms with Crippen LogP contribution in [0.1, 0.15) is 48.0 Å². The van der Waals surface area contributed by atoms with E-state index in [1.54, 1.807) is 0 Å². The molecule has 0 saturated heterocycles. The number of aliphatic hydroxyl groups excluding tert-OH is 1. The average Bonchev–Trinajstić information content (AvgIpc) is 2.53. The minimum atomic E-state index is -0.258. The summed E-state index contributed by atoms with van der Waals surface area (Å²) < 4.78 is 0. The van der Waals surface area contributed by atoms with Gasteiger partial charge in [0.25, 0.3) is 5.91 Å². The first kappa shape index (κ1) is 14.4. The molecule has 114 valence electrons. The number of rotatable bonds is 3.